The summed E-state index contributed by atoms with van der Waals surface area (Å²) in [5, 5.41) is 19.7. The van der Waals surface area contributed by atoms with Crippen LogP contribution in [0.5, 0.6) is 11.5 Å². The van der Waals surface area contributed by atoms with Crippen molar-refractivity contribution in [2.45, 2.75) is 31.9 Å². The number of fused-ring (bicyclic) bond motifs is 1. The van der Waals surface area contributed by atoms with Crippen molar-refractivity contribution in [2.24, 2.45) is 5.73 Å². The number of carbonyl (C=O) groups excluding carboxylic acids is 2. The van der Waals surface area contributed by atoms with Gasteiger partial charge in [-0.2, -0.15) is 0 Å². The third kappa shape index (κ3) is 6.96. The zero-order chi connectivity index (χ0) is 28.6. The van der Waals surface area contributed by atoms with Crippen LogP contribution in [0.3, 0.4) is 0 Å². The lowest BCUT2D eigenvalue weighted by atomic mass is 9.96. The summed E-state index contributed by atoms with van der Waals surface area (Å²) in [4.78, 5) is 39.3. The SMILES string of the molecule is COc1ccc(CCNC(=O)C(CC(=O)O)N2CCc3cc(OCc4ccc(C(=N)N)cc4)ccc3C2=O)cc1. The maximum Gasteiger partial charge on any atom is 0.305 e. The third-order valence-corrected chi connectivity index (χ3v) is 6.78. The van der Waals surface area contributed by atoms with Gasteiger partial charge in [-0.15, -0.1) is 0 Å². The lowest BCUT2D eigenvalue weighted by Gasteiger charge is -2.34. The van der Waals surface area contributed by atoms with Crippen LogP contribution in [0.2, 0.25) is 0 Å². The fraction of sp³-hybridized carbons (Fsp3) is 0.267. The lowest BCUT2D eigenvalue weighted by molar-refractivity contribution is -0.141. The highest BCUT2D eigenvalue weighted by Gasteiger charge is 2.35. The Morgan fingerprint density at radius 1 is 1.05 bits per heavy atom. The minimum atomic E-state index is -1.16. The molecule has 10 nitrogen and oxygen atoms in total. The smallest absolute Gasteiger partial charge is 0.305 e. The number of nitrogens with two attached hydrogens (primary N) is 1. The molecule has 40 heavy (non-hydrogen) atoms. The first-order valence-corrected chi connectivity index (χ1v) is 12.9. The van der Waals surface area contributed by atoms with Crippen molar-refractivity contribution in [3.8, 4) is 11.5 Å². The van der Waals surface area contributed by atoms with Crippen LogP contribution in [0, 0.1) is 5.41 Å². The quantitative estimate of drug-likeness (QED) is 0.202. The van der Waals surface area contributed by atoms with E-state index in [0.717, 1.165) is 22.4 Å². The van der Waals surface area contributed by atoms with Gasteiger partial charge >= 0.3 is 5.97 Å². The van der Waals surface area contributed by atoms with Crippen LogP contribution in [-0.4, -0.2) is 59.9 Å². The molecular formula is C30H32N4O6. The number of carbonyl (C=O) groups is 3. The second kappa shape index (κ2) is 12.8. The van der Waals surface area contributed by atoms with E-state index in [1.807, 2.05) is 36.4 Å². The van der Waals surface area contributed by atoms with Gasteiger partial charge in [0.1, 0.15) is 30.0 Å². The molecule has 2 amide bonds. The third-order valence-electron chi connectivity index (χ3n) is 6.78. The van der Waals surface area contributed by atoms with Crippen molar-refractivity contribution in [1.82, 2.24) is 10.2 Å². The Morgan fingerprint density at radius 2 is 1.73 bits per heavy atom. The maximum atomic E-state index is 13.4. The number of amidine groups is 1. The highest BCUT2D eigenvalue weighted by Crippen LogP contribution is 2.26. The molecule has 0 spiro atoms. The van der Waals surface area contributed by atoms with Crippen molar-refractivity contribution in [3.05, 3.63) is 94.5 Å². The molecule has 3 aromatic rings. The fourth-order valence-electron chi connectivity index (χ4n) is 4.57. The number of ether oxygens (including phenoxy) is 2. The molecule has 208 valence electrons. The summed E-state index contributed by atoms with van der Waals surface area (Å²) in [5.41, 5.74) is 9.22. The normalized spacial score (nSPS) is 13.2. The molecule has 1 aliphatic heterocycles. The first-order chi connectivity index (χ1) is 19.2. The molecule has 1 atom stereocenters. The number of hydrogen-bond acceptors (Lipinski definition) is 6. The van der Waals surface area contributed by atoms with Crippen LogP contribution in [0.25, 0.3) is 0 Å². The minimum absolute atomic E-state index is 0.00231. The van der Waals surface area contributed by atoms with Crippen LogP contribution in [0.1, 0.15) is 39.0 Å². The Morgan fingerprint density at radius 3 is 2.38 bits per heavy atom. The van der Waals surface area contributed by atoms with Gasteiger partial charge in [-0.25, -0.2) is 0 Å². The molecule has 0 saturated carbocycles. The number of nitrogens with zero attached hydrogens (tertiary/aromatic N) is 1. The minimum Gasteiger partial charge on any atom is -0.497 e. The number of rotatable bonds is 12. The molecule has 1 heterocycles. The average molecular weight is 545 g/mol. The Hall–Kier alpha value is -4.86. The fourth-order valence-corrected chi connectivity index (χ4v) is 4.57. The molecule has 3 aromatic carbocycles. The van der Waals surface area contributed by atoms with Gasteiger partial charge in [-0.05, 0) is 59.9 Å². The number of methoxy groups -OCH3 is 1. The average Bonchev–Trinajstić information content (AvgIpc) is 2.95. The summed E-state index contributed by atoms with van der Waals surface area (Å²) < 4.78 is 11.0. The molecule has 1 aliphatic rings. The van der Waals surface area contributed by atoms with E-state index in [-0.39, 0.29) is 18.3 Å². The number of hydrogen-bond donors (Lipinski definition) is 4. The zero-order valence-corrected chi connectivity index (χ0v) is 22.2. The lowest BCUT2D eigenvalue weighted by Crippen LogP contribution is -2.53. The van der Waals surface area contributed by atoms with E-state index in [0.29, 0.717) is 42.9 Å². The first kappa shape index (κ1) is 28.2. The highest BCUT2D eigenvalue weighted by molar-refractivity contribution is 6.00. The van der Waals surface area contributed by atoms with Gasteiger partial charge in [0.2, 0.25) is 5.91 Å². The van der Waals surface area contributed by atoms with Crippen LogP contribution < -0.4 is 20.5 Å². The Kier molecular flexibility index (Phi) is 9.00. The topological polar surface area (TPSA) is 155 Å². The molecule has 0 saturated heterocycles. The molecule has 5 N–H and O–H groups in total. The van der Waals surface area contributed by atoms with E-state index in [4.69, 9.17) is 20.6 Å². The van der Waals surface area contributed by atoms with Crippen LogP contribution in [-0.2, 0) is 29.0 Å². The summed E-state index contributed by atoms with van der Waals surface area (Å²) in [6.45, 7) is 0.818. The molecular weight excluding hydrogens is 512 g/mol. The maximum absolute atomic E-state index is 13.4. The first-order valence-electron chi connectivity index (χ1n) is 12.9. The Bertz CT molecular complexity index is 1390. The molecule has 1 unspecified atom stereocenters. The number of carboxylic acid groups (broad SMARTS) is 1. The van der Waals surface area contributed by atoms with Crippen molar-refractivity contribution in [2.75, 3.05) is 20.2 Å². The monoisotopic (exact) mass is 544 g/mol. The molecule has 0 radical (unpaired) electrons. The highest BCUT2D eigenvalue weighted by atomic mass is 16.5. The predicted octanol–water partition coefficient (Wildman–Crippen LogP) is 2.76. The summed E-state index contributed by atoms with van der Waals surface area (Å²) in [7, 11) is 1.59. The van der Waals surface area contributed by atoms with Gasteiger partial charge in [-0.3, -0.25) is 19.8 Å². The number of benzene rings is 3. The molecule has 0 fully saturated rings. The van der Waals surface area contributed by atoms with E-state index in [9.17, 15) is 19.5 Å². The van der Waals surface area contributed by atoms with Crippen LogP contribution >= 0.6 is 0 Å². The largest absolute Gasteiger partial charge is 0.497 e. The van der Waals surface area contributed by atoms with Crippen molar-refractivity contribution < 1.29 is 29.0 Å². The van der Waals surface area contributed by atoms with Gasteiger partial charge < -0.3 is 30.5 Å². The standard InChI is InChI=1S/C30H32N4O6/c1-39-23-8-4-19(5-9-23)12-14-33-29(37)26(17-27(35)36)34-15-13-22-16-24(10-11-25(22)30(34)38)40-18-20-2-6-21(7-3-20)28(31)32/h2-11,16,26H,12-15,17-18H2,1H3,(H3,31,32)(H,33,37)(H,35,36). The summed E-state index contributed by atoms with van der Waals surface area (Å²) >= 11 is 0. The van der Waals surface area contributed by atoms with Gasteiger partial charge in [0.25, 0.3) is 5.91 Å². The molecule has 0 aromatic heterocycles. The van der Waals surface area contributed by atoms with Crippen molar-refractivity contribution >= 4 is 23.6 Å². The number of amides is 2. The van der Waals surface area contributed by atoms with E-state index in [1.165, 1.54) is 4.90 Å². The van der Waals surface area contributed by atoms with E-state index < -0.39 is 24.3 Å². The Labute approximate surface area is 232 Å². The molecule has 0 aliphatic carbocycles. The van der Waals surface area contributed by atoms with Gasteiger partial charge in [0, 0.05) is 24.2 Å². The summed E-state index contributed by atoms with van der Waals surface area (Å²) in [5.74, 6) is -0.717. The number of aliphatic carboxylic acids is 1. The number of nitrogen functional groups attached to an aromatic ring is 1. The van der Waals surface area contributed by atoms with Gasteiger partial charge in [0.05, 0.1) is 13.5 Å². The number of nitrogens with one attached hydrogen (secondary N) is 2. The zero-order valence-electron chi connectivity index (χ0n) is 22.2. The van der Waals surface area contributed by atoms with E-state index in [1.54, 1.807) is 37.4 Å². The molecule has 10 heteroatoms. The molecule has 4 rings (SSSR count). The second-order valence-electron chi connectivity index (χ2n) is 9.47. The summed E-state index contributed by atoms with van der Waals surface area (Å²) in [6.07, 6.45) is 0.524. The van der Waals surface area contributed by atoms with Crippen LogP contribution in [0.4, 0.5) is 0 Å². The van der Waals surface area contributed by atoms with Crippen molar-refractivity contribution in [3.63, 3.8) is 0 Å². The number of carboxylic acids is 1. The van der Waals surface area contributed by atoms with Crippen molar-refractivity contribution in [1.29, 1.82) is 5.41 Å². The van der Waals surface area contributed by atoms with E-state index in [2.05, 4.69) is 5.32 Å². The predicted molar refractivity (Wildman–Crippen MR) is 149 cm³/mol. The van der Waals surface area contributed by atoms with Gasteiger partial charge in [-0.1, -0.05) is 36.4 Å². The Balaban J connectivity index is 1.38. The van der Waals surface area contributed by atoms with E-state index >= 15 is 0 Å². The molecule has 0 bridgehead atoms. The van der Waals surface area contributed by atoms with Gasteiger partial charge in [0.15, 0.2) is 0 Å². The second-order valence-corrected chi connectivity index (χ2v) is 9.47. The summed E-state index contributed by atoms with van der Waals surface area (Å²) in [6, 6.07) is 18.6. The van der Waals surface area contributed by atoms with Crippen LogP contribution in [0.15, 0.2) is 66.7 Å².